The molecule has 0 aliphatic carbocycles. The van der Waals surface area contributed by atoms with Crippen LogP contribution in [0.25, 0.3) is 0 Å². The van der Waals surface area contributed by atoms with Crippen molar-refractivity contribution in [1.82, 2.24) is 4.90 Å². The molecule has 0 unspecified atom stereocenters. The van der Waals surface area contributed by atoms with Crippen molar-refractivity contribution in [2.24, 2.45) is 0 Å². The number of halogens is 1. The van der Waals surface area contributed by atoms with E-state index in [4.69, 9.17) is 21.1 Å². The monoisotopic (exact) mass is 374 g/mol. The lowest BCUT2D eigenvalue weighted by Gasteiger charge is -2.36. The molecule has 0 aromatic heterocycles. The summed E-state index contributed by atoms with van der Waals surface area (Å²) < 4.78 is 11.3. The van der Waals surface area contributed by atoms with Gasteiger partial charge in [-0.2, -0.15) is 0 Å². The van der Waals surface area contributed by atoms with E-state index in [0.29, 0.717) is 11.6 Å². The maximum Gasteiger partial charge on any atom is 0.142 e. The number of anilines is 1. The molecule has 1 aliphatic rings. The van der Waals surface area contributed by atoms with Gasteiger partial charge in [0.2, 0.25) is 0 Å². The molecule has 1 fully saturated rings. The zero-order valence-corrected chi connectivity index (χ0v) is 16.3. The summed E-state index contributed by atoms with van der Waals surface area (Å²) in [4.78, 5) is 4.89. The third-order valence-corrected chi connectivity index (χ3v) is 5.07. The van der Waals surface area contributed by atoms with Gasteiger partial charge in [-0.1, -0.05) is 29.8 Å². The minimum Gasteiger partial charge on any atom is -0.495 e. The van der Waals surface area contributed by atoms with Gasteiger partial charge in [0.15, 0.2) is 0 Å². The van der Waals surface area contributed by atoms with Crippen molar-refractivity contribution in [3.05, 3.63) is 53.1 Å². The summed E-state index contributed by atoms with van der Waals surface area (Å²) in [6.45, 7) is 7.94. The van der Waals surface area contributed by atoms with Gasteiger partial charge in [0.25, 0.3) is 0 Å². The van der Waals surface area contributed by atoms with Crippen LogP contribution in [0.1, 0.15) is 12.0 Å². The predicted octanol–water partition coefficient (Wildman–Crippen LogP) is 4.25. The van der Waals surface area contributed by atoms with Gasteiger partial charge in [-0.05, 0) is 43.2 Å². The maximum absolute atomic E-state index is 6.17. The highest BCUT2D eigenvalue weighted by Crippen LogP contribution is 2.28. The highest BCUT2D eigenvalue weighted by atomic mass is 35.5. The highest BCUT2D eigenvalue weighted by Gasteiger charge is 2.19. The number of nitrogens with zero attached hydrogens (tertiary/aromatic N) is 2. The number of hydrogen-bond donors (Lipinski definition) is 0. The van der Waals surface area contributed by atoms with Gasteiger partial charge in [-0.3, -0.25) is 4.90 Å². The number of ether oxygens (including phenoxy) is 2. The minimum atomic E-state index is 0.682. The molecular weight excluding hydrogens is 348 g/mol. The average molecular weight is 375 g/mol. The van der Waals surface area contributed by atoms with Crippen LogP contribution in [-0.4, -0.2) is 51.3 Å². The number of rotatable bonds is 7. The van der Waals surface area contributed by atoms with Crippen LogP contribution < -0.4 is 14.4 Å². The normalized spacial score (nSPS) is 15.1. The van der Waals surface area contributed by atoms with E-state index < -0.39 is 0 Å². The third kappa shape index (κ3) is 4.83. The largest absolute Gasteiger partial charge is 0.495 e. The van der Waals surface area contributed by atoms with E-state index in [-0.39, 0.29) is 0 Å². The molecule has 26 heavy (non-hydrogen) atoms. The summed E-state index contributed by atoms with van der Waals surface area (Å²) in [5.41, 5.74) is 2.35. The lowest BCUT2D eigenvalue weighted by atomic mass is 10.2. The predicted molar refractivity (Wildman–Crippen MR) is 108 cm³/mol. The molecule has 5 heteroatoms. The average Bonchev–Trinajstić information content (AvgIpc) is 2.68. The van der Waals surface area contributed by atoms with E-state index in [1.807, 2.05) is 37.3 Å². The van der Waals surface area contributed by atoms with Crippen LogP contribution in [0.4, 0.5) is 5.69 Å². The topological polar surface area (TPSA) is 24.9 Å². The van der Waals surface area contributed by atoms with Crippen molar-refractivity contribution in [2.75, 3.05) is 51.3 Å². The van der Waals surface area contributed by atoms with Crippen LogP contribution in [-0.2, 0) is 0 Å². The fourth-order valence-electron chi connectivity index (χ4n) is 3.29. The molecule has 0 atom stereocenters. The van der Waals surface area contributed by atoms with Crippen molar-refractivity contribution in [3.63, 3.8) is 0 Å². The van der Waals surface area contributed by atoms with E-state index in [1.54, 1.807) is 7.11 Å². The molecule has 0 radical (unpaired) electrons. The number of methoxy groups -OCH3 is 1. The standard InChI is InChI=1S/C21H27ClN2O2/c1-17-8-9-18(22)21(16-17)26-15-5-10-23-11-13-24(14-12-23)19-6-3-4-7-20(19)25-2/h3-4,6-9,16H,5,10-15H2,1-2H3. The Hall–Kier alpha value is -1.91. The Kier molecular flexibility index (Phi) is 6.64. The number of hydrogen-bond acceptors (Lipinski definition) is 4. The van der Waals surface area contributed by atoms with Crippen molar-refractivity contribution in [1.29, 1.82) is 0 Å². The molecule has 1 saturated heterocycles. The molecule has 0 N–H and O–H groups in total. The van der Waals surface area contributed by atoms with Gasteiger partial charge in [0.1, 0.15) is 11.5 Å². The van der Waals surface area contributed by atoms with Crippen LogP contribution >= 0.6 is 11.6 Å². The van der Waals surface area contributed by atoms with E-state index in [0.717, 1.165) is 56.2 Å². The SMILES string of the molecule is COc1ccccc1N1CCN(CCCOc2cc(C)ccc2Cl)CC1. The van der Waals surface area contributed by atoms with Crippen LogP contribution in [0.2, 0.25) is 5.02 Å². The summed E-state index contributed by atoms with van der Waals surface area (Å²) in [5.74, 6) is 1.73. The first-order valence-electron chi connectivity index (χ1n) is 9.16. The Bertz CT molecular complexity index is 715. The van der Waals surface area contributed by atoms with Crippen molar-refractivity contribution in [3.8, 4) is 11.5 Å². The zero-order chi connectivity index (χ0) is 18.4. The third-order valence-electron chi connectivity index (χ3n) is 4.76. The summed E-state index contributed by atoms with van der Waals surface area (Å²) in [7, 11) is 1.73. The summed E-state index contributed by atoms with van der Waals surface area (Å²) in [5, 5.41) is 0.682. The Labute approximate surface area is 161 Å². The summed E-state index contributed by atoms with van der Waals surface area (Å²) in [6.07, 6.45) is 0.999. The second kappa shape index (κ2) is 9.15. The van der Waals surface area contributed by atoms with E-state index >= 15 is 0 Å². The zero-order valence-electron chi connectivity index (χ0n) is 15.6. The molecule has 0 saturated carbocycles. The first-order valence-corrected chi connectivity index (χ1v) is 9.54. The van der Waals surface area contributed by atoms with Crippen LogP contribution in [0, 0.1) is 6.92 Å². The molecule has 0 bridgehead atoms. The van der Waals surface area contributed by atoms with Gasteiger partial charge < -0.3 is 14.4 Å². The summed E-state index contributed by atoms with van der Waals surface area (Å²) in [6, 6.07) is 14.1. The first kappa shape index (κ1) is 18.9. The van der Waals surface area contributed by atoms with Gasteiger partial charge in [0.05, 0.1) is 24.4 Å². The summed E-state index contributed by atoms with van der Waals surface area (Å²) >= 11 is 6.17. The Balaban J connectivity index is 1.41. The van der Waals surface area contributed by atoms with E-state index in [2.05, 4.69) is 21.9 Å². The number of benzene rings is 2. The molecule has 2 aromatic rings. The molecule has 2 aromatic carbocycles. The van der Waals surface area contributed by atoms with E-state index in [1.165, 1.54) is 5.69 Å². The van der Waals surface area contributed by atoms with Gasteiger partial charge in [-0.25, -0.2) is 0 Å². The van der Waals surface area contributed by atoms with Crippen LogP contribution in [0.3, 0.4) is 0 Å². The molecule has 1 heterocycles. The molecule has 0 spiro atoms. The van der Waals surface area contributed by atoms with Crippen molar-refractivity contribution in [2.45, 2.75) is 13.3 Å². The highest BCUT2D eigenvalue weighted by molar-refractivity contribution is 6.32. The van der Waals surface area contributed by atoms with Crippen molar-refractivity contribution >= 4 is 17.3 Å². The number of aryl methyl sites for hydroxylation is 1. The van der Waals surface area contributed by atoms with Gasteiger partial charge >= 0.3 is 0 Å². The Morgan fingerprint density at radius 2 is 1.77 bits per heavy atom. The number of piperazine rings is 1. The fraction of sp³-hybridized carbons (Fsp3) is 0.429. The molecule has 1 aliphatic heterocycles. The number of para-hydroxylation sites is 2. The second-order valence-corrected chi connectivity index (χ2v) is 7.04. The van der Waals surface area contributed by atoms with Crippen LogP contribution in [0.15, 0.2) is 42.5 Å². The molecule has 4 nitrogen and oxygen atoms in total. The van der Waals surface area contributed by atoms with E-state index in [9.17, 15) is 0 Å². The Morgan fingerprint density at radius 3 is 2.54 bits per heavy atom. The minimum absolute atomic E-state index is 0.682. The van der Waals surface area contributed by atoms with Crippen molar-refractivity contribution < 1.29 is 9.47 Å². The second-order valence-electron chi connectivity index (χ2n) is 6.64. The lowest BCUT2D eigenvalue weighted by Crippen LogP contribution is -2.46. The maximum atomic E-state index is 6.17. The quantitative estimate of drug-likeness (QED) is 0.676. The molecule has 140 valence electrons. The Morgan fingerprint density at radius 1 is 1.00 bits per heavy atom. The van der Waals surface area contributed by atoms with Gasteiger partial charge in [-0.15, -0.1) is 0 Å². The van der Waals surface area contributed by atoms with Crippen LogP contribution in [0.5, 0.6) is 11.5 Å². The molecular formula is C21H27ClN2O2. The fourth-order valence-corrected chi connectivity index (χ4v) is 3.47. The molecule has 0 amide bonds. The van der Waals surface area contributed by atoms with Gasteiger partial charge in [0, 0.05) is 32.7 Å². The lowest BCUT2D eigenvalue weighted by molar-refractivity contribution is 0.224. The smallest absolute Gasteiger partial charge is 0.142 e. The first-order chi connectivity index (χ1) is 12.7. The molecule has 3 rings (SSSR count).